The second kappa shape index (κ2) is 5.50. The highest BCUT2D eigenvalue weighted by Gasteiger charge is 2.15. The van der Waals surface area contributed by atoms with E-state index in [1.165, 1.54) is 0 Å². The molecule has 18 heavy (non-hydrogen) atoms. The van der Waals surface area contributed by atoms with Crippen LogP contribution in [0.15, 0.2) is 41.0 Å². The summed E-state index contributed by atoms with van der Waals surface area (Å²) in [5.41, 5.74) is 9.18. The fourth-order valence-electron chi connectivity index (χ4n) is 1.91. The SMILES string of the molecule is COc1cccnc1C(N)c1cc(C)cc(Br)c1. The van der Waals surface area contributed by atoms with Crippen LogP contribution >= 0.6 is 15.9 Å². The number of aromatic nitrogens is 1. The smallest absolute Gasteiger partial charge is 0.142 e. The molecule has 1 atom stereocenters. The Hall–Kier alpha value is -1.39. The lowest BCUT2D eigenvalue weighted by atomic mass is 10.0. The van der Waals surface area contributed by atoms with Gasteiger partial charge in [0, 0.05) is 10.7 Å². The molecule has 0 fully saturated rings. The van der Waals surface area contributed by atoms with Crippen LogP contribution in [0.3, 0.4) is 0 Å². The van der Waals surface area contributed by atoms with Crippen molar-refractivity contribution in [3.05, 3.63) is 57.8 Å². The topological polar surface area (TPSA) is 48.1 Å². The number of methoxy groups -OCH3 is 1. The fourth-order valence-corrected chi connectivity index (χ4v) is 2.54. The molecule has 1 heterocycles. The molecule has 0 aliphatic rings. The summed E-state index contributed by atoms with van der Waals surface area (Å²) in [6, 6.07) is 9.52. The molecule has 0 aliphatic carbocycles. The van der Waals surface area contributed by atoms with E-state index in [-0.39, 0.29) is 6.04 Å². The summed E-state index contributed by atoms with van der Waals surface area (Å²) in [6.07, 6.45) is 1.72. The summed E-state index contributed by atoms with van der Waals surface area (Å²) in [4.78, 5) is 4.32. The summed E-state index contributed by atoms with van der Waals surface area (Å²) in [6.45, 7) is 2.04. The van der Waals surface area contributed by atoms with Gasteiger partial charge in [-0.1, -0.05) is 22.0 Å². The van der Waals surface area contributed by atoms with Gasteiger partial charge in [0.15, 0.2) is 0 Å². The lowest BCUT2D eigenvalue weighted by Crippen LogP contribution is -2.15. The Bertz CT molecular complexity index is 537. The van der Waals surface area contributed by atoms with E-state index in [4.69, 9.17) is 10.5 Å². The Morgan fingerprint density at radius 2 is 2.11 bits per heavy atom. The normalized spacial score (nSPS) is 12.2. The van der Waals surface area contributed by atoms with E-state index < -0.39 is 0 Å². The Labute approximate surface area is 115 Å². The van der Waals surface area contributed by atoms with E-state index in [1.54, 1.807) is 13.3 Å². The molecule has 0 bridgehead atoms. The van der Waals surface area contributed by atoms with Gasteiger partial charge in [-0.3, -0.25) is 4.98 Å². The average Bonchev–Trinajstić information content (AvgIpc) is 2.36. The number of hydrogen-bond donors (Lipinski definition) is 1. The highest BCUT2D eigenvalue weighted by Crippen LogP contribution is 2.28. The third-order valence-corrected chi connectivity index (χ3v) is 3.20. The number of pyridine rings is 1. The van der Waals surface area contributed by atoms with Crippen LogP contribution in [-0.4, -0.2) is 12.1 Å². The molecule has 0 radical (unpaired) electrons. The third kappa shape index (κ3) is 2.71. The molecule has 2 N–H and O–H groups in total. The van der Waals surface area contributed by atoms with Gasteiger partial charge in [0.1, 0.15) is 11.4 Å². The summed E-state index contributed by atoms with van der Waals surface area (Å²) in [5.74, 6) is 0.711. The molecule has 0 spiro atoms. The van der Waals surface area contributed by atoms with Gasteiger partial charge in [-0.2, -0.15) is 0 Å². The number of nitrogens with two attached hydrogens (primary N) is 1. The maximum absolute atomic E-state index is 6.27. The first-order chi connectivity index (χ1) is 8.61. The lowest BCUT2D eigenvalue weighted by molar-refractivity contribution is 0.404. The monoisotopic (exact) mass is 306 g/mol. The second-order valence-corrected chi connectivity index (χ2v) is 5.05. The van der Waals surface area contributed by atoms with Gasteiger partial charge < -0.3 is 10.5 Å². The zero-order chi connectivity index (χ0) is 13.1. The van der Waals surface area contributed by atoms with Crippen LogP contribution in [-0.2, 0) is 0 Å². The quantitative estimate of drug-likeness (QED) is 0.947. The number of ether oxygens (including phenoxy) is 1. The van der Waals surface area contributed by atoms with Crippen molar-refractivity contribution in [1.82, 2.24) is 4.98 Å². The zero-order valence-corrected chi connectivity index (χ0v) is 11.9. The van der Waals surface area contributed by atoms with E-state index >= 15 is 0 Å². The van der Waals surface area contributed by atoms with E-state index in [0.29, 0.717) is 5.75 Å². The number of halogens is 1. The number of hydrogen-bond acceptors (Lipinski definition) is 3. The van der Waals surface area contributed by atoms with Crippen LogP contribution < -0.4 is 10.5 Å². The molecule has 0 amide bonds. The number of aryl methyl sites for hydroxylation is 1. The molecule has 2 rings (SSSR count). The molecule has 1 aromatic heterocycles. The molecule has 94 valence electrons. The van der Waals surface area contributed by atoms with Crippen LogP contribution in [0.4, 0.5) is 0 Å². The fraction of sp³-hybridized carbons (Fsp3) is 0.214. The van der Waals surface area contributed by atoms with Gasteiger partial charge in [0.25, 0.3) is 0 Å². The molecule has 3 nitrogen and oxygen atoms in total. The Morgan fingerprint density at radius 3 is 2.78 bits per heavy atom. The predicted molar refractivity (Wildman–Crippen MR) is 75.7 cm³/mol. The van der Waals surface area contributed by atoms with Crippen molar-refractivity contribution in [2.45, 2.75) is 13.0 Å². The van der Waals surface area contributed by atoms with Crippen molar-refractivity contribution in [2.24, 2.45) is 5.73 Å². The van der Waals surface area contributed by atoms with Crippen LogP contribution in [0.1, 0.15) is 22.9 Å². The summed E-state index contributed by atoms with van der Waals surface area (Å²) in [5, 5.41) is 0. The maximum Gasteiger partial charge on any atom is 0.142 e. The van der Waals surface area contributed by atoms with Crippen molar-refractivity contribution in [3.8, 4) is 5.75 Å². The average molecular weight is 307 g/mol. The minimum absolute atomic E-state index is 0.294. The van der Waals surface area contributed by atoms with Gasteiger partial charge in [0.2, 0.25) is 0 Å². The van der Waals surface area contributed by atoms with Crippen molar-refractivity contribution in [2.75, 3.05) is 7.11 Å². The molecule has 0 saturated heterocycles. The number of nitrogens with zero attached hydrogens (tertiary/aromatic N) is 1. The predicted octanol–water partition coefficient (Wildman–Crippen LogP) is 3.21. The first kappa shape index (κ1) is 13.1. The molecular formula is C14H15BrN2O. The Balaban J connectivity index is 2.44. The van der Waals surface area contributed by atoms with E-state index in [0.717, 1.165) is 21.3 Å². The Kier molecular flexibility index (Phi) is 3.99. The van der Waals surface area contributed by atoms with Crippen molar-refractivity contribution < 1.29 is 4.74 Å². The molecule has 1 aromatic carbocycles. The van der Waals surface area contributed by atoms with E-state index in [1.807, 2.05) is 31.2 Å². The van der Waals surface area contributed by atoms with E-state index in [9.17, 15) is 0 Å². The first-order valence-electron chi connectivity index (χ1n) is 5.63. The molecule has 0 saturated carbocycles. The first-order valence-corrected chi connectivity index (χ1v) is 6.42. The van der Waals surface area contributed by atoms with E-state index in [2.05, 4.69) is 27.0 Å². The minimum Gasteiger partial charge on any atom is -0.495 e. The number of rotatable bonds is 3. The minimum atomic E-state index is -0.294. The molecular weight excluding hydrogens is 292 g/mol. The molecule has 4 heteroatoms. The second-order valence-electron chi connectivity index (χ2n) is 4.13. The summed E-state index contributed by atoms with van der Waals surface area (Å²) < 4.78 is 6.31. The van der Waals surface area contributed by atoms with Crippen LogP contribution in [0.5, 0.6) is 5.75 Å². The van der Waals surface area contributed by atoms with Gasteiger partial charge in [0.05, 0.1) is 13.2 Å². The third-order valence-electron chi connectivity index (χ3n) is 2.74. The van der Waals surface area contributed by atoms with Gasteiger partial charge >= 0.3 is 0 Å². The lowest BCUT2D eigenvalue weighted by Gasteiger charge is -2.15. The highest BCUT2D eigenvalue weighted by atomic mass is 79.9. The maximum atomic E-state index is 6.27. The van der Waals surface area contributed by atoms with Crippen LogP contribution in [0, 0.1) is 6.92 Å². The largest absolute Gasteiger partial charge is 0.495 e. The van der Waals surface area contributed by atoms with Crippen molar-refractivity contribution >= 4 is 15.9 Å². The zero-order valence-electron chi connectivity index (χ0n) is 10.4. The Morgan fingerprint density at radius 1 is 1.33 bits per heavy atom. The number of benzene rings is 1. The van der Waals surface area contributed by atoms with Crippen molar-refractivity contribution in [3.63, 3.8) is 0 Å². The van der Waals surface area contributed by atoms with Gasteiger partial charge in [-0.15, -0.1) is 0 Å². The van der Waals surface area contributed by atoms with Gasteiger partial charge in [-0.25, -0.2) is 0 Å². The summed E-state index contributed by atoms with van der Waals surface area (Å²) in [7, 11) is 1.62. The standard InChI is InChI=1S/C14H15BrN2O/c1-9-6-10(8-11(15)7-9)13(16)14-12(18-2)4-3-5-17-14/h3-8,13H,16H2,1-2H3. The molecule has 1 unspecified atom stereocenters. The molecule has 2 aromatic rings. The molecule has 0 aliphatic heterocycles. The highest BCUT2D eigenvalue weighted by molar-refractivity contribution is 9.10. The van der Waals surface area contributed by atoms with Gasteiger partial charge in [-0.05, 0) is 42.3 Å². The van der Waals surface area contributed by atoms with Crippen molar-refractivity contribution in [1.29, 1.82) is 0 Å². The summed E-state index contributed by atoms with van der Waals surface area (Å²) >= 11 is 3.48. The van der Waals surface area contributed by atoms with Crippen LogP contribution in [0.25, 0.3) is 0 Å². The van der Waals surface area contributed by atoms with Crippen LogP contribution in [0.2, 0.25) is 0 Å².